The summed E-state index contributed by atoms with van der Waals surface area (Å²) in [4.78, 5) is 27.8. The molecule has 0 aliphatic rings. The Hall–Kier alpha value is -3.72. The van der Waals surface area contributed by atoms with Crippen molar-refractivity contribution < 1.29 is 22.4 Å². The van der Waals surface area contributed by atoms with E-state index in [-0.39, 0.29) is 17.3 Å². The monoisotopic (exact) mass is 511 g/mol. The zero-order valence-electron chi connectivity index (χ0n) is 20.3. The van der Waals surface area contributed by atoms with Crippen LogP contribution >= 0.6 is 0 Å². The van der Waals surface area contributed by atoms with Gasteiger partial charge in [0.1, 0.15) is 18.4 Å². The first-order valence-electron chi connectivity index (χ1n) is 11.7. The molecule has 1 atom stereocenters. The highest BCUT2D eigenvalue weighted by atomic mass is 32.2. The van der Waals surface area contributed by atoms with Crippen LogP contribution in [-0.2, 0) is 26.2 Å². The number of anilines is 1. The van der Waals surface area contributed by atoms with E-state index in [1.807, 2.05) is 6.92 Å². The molecule has 9 heteroatoms. The molecule has 0 bridgehead atoms. The molecule has 0 saturated heterocycles. The van der Waals surface area contributed by atoms with Crippen LogP contribution in [0, 0.1) is 5.82 Å². The van der Waals surface area contributed by atoms with Crippen molar-refractivity contribution in [3.8, 4) is 0 Å². The van der Waals surface area contributed by atoms with Gasteiger partial charge in [0, 0.05) is 13.1 Å². The number of hydrogen-bond acceptors (Lipinski definition) is 4. The number of nitrogens with one attached hydrogen (secondary N) is 1. The van der Waals surface area contributed by atoms with Crippen molar-refractivity contribution in [1.82, 2.24) is 10.2 Å². The number of rotatable bonds is 11. The van der Waals surface area contributed by atoms with Crippen molar-refractivity contribution in [3.63, 3.8) is 0 Å². The van der Waals surface area contributed by atoms with Gasteiger partial charge in [-0.2, -0.15) is 0 Å². The number of hydrogen-bond donors (Lipinski definition) is 1. The number of sulfonamides is 1. The molecular weight excluding hydrogens is 481 g/mol. The van der Waals surface area contributed by atoms with Crippen LogP contribution in [0.4, 0.5) is 10.1 Å². The molecular formula is C27H30FN3O4S. The van der Waals surface area contributed by atoms with E-state index >= 15 is 0 Å². The number of nitrogens with zero attached hydrogens (tertiary/aromatic N) is 2. The fourth-order valence-electron chi connectivity index (χ4n) is 3.61. The number of benzene rings is 3. The van der Waals surface area contributed by atoms with Crippen LogP contribution in [0.5, 0.6) is 0 Å². The summed E-state index contributed by atoms with van der Waals surface area (Å²) < 4.78 is 41.6. The zero-order chi connectivity index (χ0) is 26.1. The van der Waals surface area contributed by atoms with Crippen molar-refractivity contribution in [2.24, 2.45) is 0 Å². The van der Waals surface area contributed by atoms with Crippen LogP contribution in [-0.4, -0.2) is 44.3 Å². The summed E-state index contributed by atoms with van der Waals surface area (Å²) in [6.07, 6.45) is 0.724. The quantitative estimate of drug-likeness (QED) is 0.422. The standard InChI is InChI=1S/C27H30FN3O4S/c1-3-18-29-27(33)21(2)30(19-22-14-16-23(28)17-15-22)26(32)20-31(24-10-6-4-7-11-24)36(34,35)25-12-8-5-9-13-25/h4-17,21H,3,18-20H2,1-2H3,(H,29,33). The molecule has 0 saturated carbocycles. The molecule has 7 nitrogen and oxygen atoms in total. The predicted molar refractivity (Wildman–Crippen MR) is 137 cm³/mol. The van der Waals surface area contributed by atoms with E-state index in [4.69, 9.17) is 0 Å². The first kappa shape index (κ1) is 26.9. The van der Waals surface area contributed by atoms with E-state index in [1.165, 1.54) is 41.3 Å². The lowest BCUT2D eigenvalue weighted by Gasteiger charge is -2.32. The highest BCUT2D eigenvalue weighted by Gasteiger charge is 2.32. The van der Waals surface area contributed by atoms with Gasteiger partial charge >= 0.3 is 0 Å². The first-order chi connectivity index (χ1) is 17.2. The van der Waals surface area contributed by atoms with Gasteiger partial charge in [0.05, 0.1) is 10.6 Å². The molecule has 1 N–H and O–H groups in total. The van der Waals surface area contributed by atoms with Crippen molar-refractivity contribution >= 4 is 27.5 Å². The van der Waals surface area contributed by atoms with Crippen LogP contribution in [0.2, 0.25) is 0 Å². The fraction of sp³-hybridized carbons (Fsp3) is 0.259. The smallest absolute Gasteiger partial charge is 0.264 e. The van der Waals surface area contributed by atoms with E-state index in [0.717, 1.165) is 10.7 Å². The van der Waals surface area contributed by atoms with Crippen LogP contribution in [0.1, 0.15) is 25.8 Å². The second-order valence-electron chi connectivity index (χ2n) is 8.28. The lowest BCUT2D eigenvalue weighted by Crippen LogP contribution is -2.51. The molecule has 0 aliphatic heterocycles. The Morgan fingerprint density at radius 3 is 2.08 bits per heavy atom. The Kier molecular flexibility index (Phi) is 9.19. The molecule has 0 radical (unpaired) electrons. The summed E-state index contributed by atoms with van der Waals surface area (Å²) in [5.41, 5.74) is 0.927. The van der Waals surface area contributed by atoms with E-state index in [1.54, 1.807) is 55.5 Å². The molecule has 0 aliphatic carbocycles. The van der Waals surface area contributed by atoms with E-state index in [9.17, 15) is 22.4 Å². The summed E-state index contributed by atoms with van der Waals surface area (Å²) in [6.45, 7) is 3.44. The van der Waals surface area contributed by atoms with Gasteiger partial charge in [-0.1, -0.05) is 55.5 Å². The average molecular weight is 512 g/mol. The van der Waals surface area contributed by atoms with Gasteiger partial charge in [-0.05, 0) is 55.3 Å². The van der Waals surface area contributed by atoms with Crippen molar-refractivity contribution in [2.75, 3.05) is 17.4 Å². The zero-order valence-corrected chi connectivity index (χ0v) is 21.1. The minimum Gasteiger partial charge on any atom is -0.354 e. The van der Waals surface area contributed by atoms with Crippen molar-refractivity contribution in [3.05, 3.63) is 96.3 Å². The molecule has 190 valence electrons. The van der Waals surface area contributed by atoms with Crippen LogP contribution in [0.15, 0.2) is 89.8 Å². The van der Waals surface area contributed by atoms with E-state index in [2.05, 4.69) is 5.32 Å². The topological polar surface area (TPSA) is 86.8 Å². The molecule has 1 unspecified atom stereocenters. The molecule has 3 aromatic carbocycles. The molecule has 2 amide bonds. The second-order valence-corrected chi connectivity index (χ2v) is 10.1. The fourth-order valence-corrected chi connectivity index (χ4v) is 5.04. The molecule has 36 heavy (non-hydrogen) atoms. The lowest BCUT2D eigenvalue weighted by atomic mass is 10.1. The molecule has 0 heterocycles. The minimum atomic E-state index is -4.09. The molecule has 3 rings (SSSR count). The Bertz CT molecular complexity index is 1250. The largest absolute Gasteiger partial charge is 0.354 e. The molecule has 3 aromatic rings. The van der Waals surface area contributed by atoms with Gasteiger partial charge in [-0.15, -0.1) is 0 Å². The summed E-state index contributed by atoms with van der Waals surface area (Å²) in [7, 11) is -4.09. The summed E-state index contributed by atoms with van der Waals surface area (Å²) in [6, 6.07) is 20.9. The van der Waals surface area contributed by atoms with Crippen molar-refractivity contribution in [1.29, 1.82) is 0 Å². The third-order valence-electron chi connectivity index (χ3n) is 5.64. The first-order valence-corrected chi connectivity index (χ1v) is 13.1. The van der Waals surface area contributed by atoms with Gasteiger partial charge in [0.2, 0.25) is 11.8 Å². The number of para-hydroxylation sites is 1. The third kappa shape index (κ3) is 6.69. The number of carbonyl (C=O) groups excluding carboxylic acids is 2. The Morgan fingerprint density at radius 1 is 0.917 bits per heavy atom. The Labute approximate surface area is 211 Å². The normalized spacial score (nSPS) is 12.0. The summed E-state index contributed by atoms with van der Waals surface area (Å²) in [5.74, 6) is -1.35. The van der Waals surface area contributed by atoms with Crippen LogP contribution in [0.25, 0.3) is 0 Å². The van der Waals surface area contributed by atoms with Gasteiger partial charge < -0.3 is 10.2 Å². The Balaban J connectivity index is 1.97. The lowest BCUT2D eigenvalue weighted by molar-refractivity contribution is -0.139. The SMILES string of the molecule is CCCNC(=O)C(C)N(Cc1ccc(F)cc1)C(=O)CN(c1ccccc1)S(=O)(=O)c1ccccc1. The highest BCUT2D eigenvalue weighted by molar-refractivity contribution is 7.92. The number of amides is 2. The van der Waals surface area contributed by atoms with Gasteiger partial charge in [0.25, 0.3) is 10.0 Å². The Morgan fingerprint density at radius 2 is 1.50 bits per heavy atom. The van der Waals surface area contributed by atoms with E-state index < -0.39 is 34.3 Å². The van der Waals surface area contributed by atoms with E-state index in [0.29, 0.717) is 17.8 Å². The average Bonchev–Trinajstić information content (AvgIpc) is 2.90. The van der Waals surface area contributed by atoms with Gasteiger partial charge in [0.15, 0.2) is 0 Å². The maximum atomic E-state index is 13.7. The molecule has 0 fully saturated rings. The van der Waals surface area contributed by atoms with Gasteiger partial charge in [-0.3, -0.25) is 13.9 Å². The van der Waals surface area contributed by atoms with Crippen molar-refractivity contribution in [2.45, 2.75) is 37.8 Å². The summed E-state index contributed by atoms with van der Waals surface area (Å²) in [5, 5.41) is 2.78. The minimum absolute atomic E-state index is 0.00778. The molecule has 0 spiro atoms. The number of carbonyl (C=O) groups is 2. The van der Waals surface area contributed by atoms with Crippen LogP contribution < -0.4 is 9.62 Å². The predicted octanol–water partition coefficient (Wildman–Crippen LogP) is 3.96. The van der Waals surface area contributed by atoms with Crippen LogP contribution in [0.3, 0.4) is 0 Å². The third-order valence-corrected chi connectivity index (χ3v) is 7.43. The second kappa shape index (κ2) is 12.3. The summed E-state index contributed by atoms with van der Waals surface area (Å²) >= 11 is 0. The highest BCUT2D eigenvalue weighted by Crippen LogP contribution is 2.24. The maximum Gasteiger partial charge on any atom is 0.264 e. The molecule has 0 aromatic heterocycles. The maximum absolute atomic E-state index is 13.7. The number of halogens is 1. The van der Waals surface area contributed by atoms with Gasteiger partial charge in [-0.25, -0.2) is 12.8 Å².